The lowest BCUT2D eigenvalue weighted by molar-refractivity contribution is -0.383. The Morgan fingerprint density at radius 1 is 0.957 bits per heavy atom. The number of nitrogens with zero attached hydrogens (tertiary/aromatic N) is 1. The lowest BCUT2D eigenvalue weighted by Crippen LogP contribution is -2.16. The van der Waals surface area contributed by atoms with Crippen LogP contribution in [0.25, 0.3) is 0 Å². The maximum Gasteiger partial charge on any atom is 0.293 e. The minimum absolute atomic E-state index is 0.0417. The Bertz CT molecular complexity index is 866. The number of aryl methyl sites for hydroxylation is 4. The molecule has 0 spiro atoms. The zero-order valence-electron chi connectivity index (χ0n) is 13.4. The van der Waals surface area contributed by atoms with Gasteiger partial charge in [0.2, 0.25) is 0 Å². The number of rotatable bonds is 4. The van der Waals surface area contributed by atoms with E-state index in [-0.39, 0.29) is 16.3 Å². The normalized spacial score (nSPS) is 11.3. The number of nitro groups is 1. The van der Waals surface area contributed by atoms with Crippen LogP contribution in [-0.2, 0) is 10.0 Å². The number of anilines is 1. The molecule has 23 heavy (non-hydrogen) atoms. The van der Waals surface area contributed by atoms with E-state index in [0.29, 0.717) is 16.7 Å². The predicted molar refractivity (Wildman–Crippen MR) is 89.3 cm³/mol. The summed E-state index contributed by atoms with van der Waals surface area (Å²) in [6.07, 6.45) is 0. The van der Waals surface area contributed by atoms with Gasteiger partial charge in [0.1, 0.15) is 5.69 Å². The van der Waals surface area contributed by atoms with Gasteiger partial charge in [0.05, 0.1) is 9.82 Å². The third-order valence-electron chi connectivity index (χ3n) is 3.47. The highest BCUT2D eigenvalue weighted by molar-refractivity contribution is 7.92. The Hall–Kier alpha value is -2.41. The third-order valence-corrected chi connectivity index (χ3v) is 5.14. The van der Waals surface area contributed by atoms with Gasteiger partial charge >= 0.3 is 0 Å². The smallest absolute Gasteiger partial charge is 0.273 e. The topological polar surface area (TPSA) is 89.3 Å². The summed E-state index contributed by atoms with van der Waals surface area (Å²) in [4.78, 5) is 10.7. The standard InChI is InChI=1S/C16H18N2O4S/c1-10-5-6-14(15(9-10)18(19)20)17-23(21,22)16-12(3)7-11(2)8-13(16)4/h5-9,17H,1-4H3. The van der Waals surface area contributed by atoms with E-state index in [1.54, 1.807) is 39.0 Å². The first kappa shape index (κ1) is 17.0. The van der Waals surface area contributed by atoms with Gasteiger partial charge in [0.25, 0.3) is 15.7 Å². The minimum Gasteiger partial charge on any atom is -0.273 e. The van der Waals surface area contributed by atoms with Crippen LogP contribution < -0.4 is 4.72 Å². The molecule has 0 bridgehead atoms. The maximum absolute atomic E-state index is 12.7. The molecule has 0 fully saturated rings. The summed E-state index contributed by atoms with van der Waals surface area (Å²) >= 11 is 0. The largest absolute Gasteiger partial charge is 0.293 e. The van der Waals surface area contributed by atoms with E-state index >= 15 is 0 Å². The fourth-order valence-electron chi connectivity index (χ4n) is 2.67. The van der Waals surface area contributed by atoms with Crippen molar-refractivity contribution in [3.05, 3.63) is 62.7 Å². The molecule has 2 aromatic rings. The van der Waals surface area contributed by atoms with Crippen LogP contribution in [0.5, 0.6) is 0 Å². The maximum atomic E-state index is 12.7. The van der Waals surface area contributed by atoms with Crippen LogP contribution in [0.4, 0.5) is 11.4 Å². The molecule has 6 nitrogen and oxygen atoms in total. The molecule has 122 valence electrons. The lowest BCUT2D eigenvalue weighted by Gasteiger charge is -2.14. The molecule has 0 aliphatic heterocycles. The van der Waals surface area contributed by atoms with Crippen LogP contribution in [0.3, 0.4) is 0 Å². The summed E-state index contributed by atoms with van der Waals surface area (Å²) in [5, 5.41) is 11.1. The first-order chi connectivity index (χ1) is 10.6. The van der Waals surface area contributed by atoms with Crippen molar-refractivity contribution in [1.82, 2.24) is 0 Å². The molecule has 2 aromatic carbocycles. The van der Waals surface area contributed by atoms with Gasteiger partial charge in [0, 0.05) is 6.07 Å². The van der Waals surface area contributed by atoms with E-state index in [2.05, 4.69) is 4.72 Å². The summed E-state index contributed by atoms with van der Waals surface area (Å²) in [5.41, 5.74) is 2.54. The van der Waals surface area contributed by atoms with Gasteiger partial charge in [0.15, 0.2) is 0 Å². The van der Waals surface area contributed by atoms with Gasteiger partial charge < -0.3 is 0 Å². The van der Waals surface area contributed by atoms with E-state index in [1.165, 1.54) is 12.1 Å². The fraction of sp³-hybridized carbons (Fsp3) is 0.250. The molecular formula is C16H18N2O4S. The van der Waals surface area contributed by atoms with Crippen LogP contribution in [0.2, 0.25) is 0 Å². The lowest BCUT2D eigenvalue weighted by atomic mass is 10.1. The van der Waals surface area contributed by atoms with Crippen LogP contribution in [0.15, 0.2) is 35.2 Å². The highest BCUT2D eigenvalue weighted by Crippen LogP contribution is 2.30. The first-order valence-electron chi connectivity index (χ1n) is 6.97. The van der Waals surface area contributed by atoms with Crippen molar-refractivity contribution in [1.29, 1.82) is 0 Å². The molecule has 0 atom stereocenters. The highest BCUT2D eigenvalue weighted by Gasteiger charge is 2.24. The van der Waals surface area contributed by atoms with Gasteiger partial charge in [-0.3, -0.25) is 14.8 Å². The van der Waals surface area contributed by atoms with Crippen LogP contribution in [-0.4, -0.2) is 13.3 Å². The Kier molecular flexibility index (Phi) is 4.42. The monoisotopic (exact) mass is 334 g/mol. The predicted octanol–water partition coefficient (Wildman–Crippen LogP) is 3.63. The number of hydrogen-bond donors (Lipinski definition) is 1. The molecule has 0 aliphatic rings. The number of benzene rings is 2. The molecule has 0 unspecified atom stereocenters. The molecule has 0 amide bonds. The molecule has 2 rings (SSSR count). The van der Waals surface area contributed by atoms with Crippen molar-refractivity contribution in [2.24, 2.45) is 0 Å². The van der Waals surface area contributed by atoms with E-state index in [1.807, 2.05) is 6.92 Å². The van der Waals surface area contributed by atoms with E-state index < -0.39 is 14.9 Å². The zero-order chi connectivity index (χ0) is 17.4. The SMILES string of the molecule is Cc1cc(C)c(S(=O)(=O)Nc2ccc(C)cc2[N+](=O)[O-])c(C)c1. The highest BCUT2D eigenvalue weighted by atomic mass is 32.2. The fourth-order valence-corrected chi connectivity index (χ4v) is 4.20. The van der Waals surface area contributed by atoms with Gasteiger partial charge in [-0.25, -0.2) is 8.42 Å². The molecule has 7 heteroatoms. The Balaban J connectivity index is 2.54. The summed E-state index contributed by atoms with van der Waals surface area (Å²) < 4.78 is 27.7. The van der Waals surface area contributed by atoms with Gasteiger partial charge in [-0.1, -0.05) is 23.8 Å². The molecule has 0 aromatic heterocycles. The number of sulfonamides is 1. The molecule has 0 saturated carbocycles. The van der Waals surface area contributed by atoms with Crippen LogP contribution in [0, 0.1) is 37.8 Å². The van der Waals surface area contributed by atoms with Crippen molar-refractivity contribution in [2.45, 2.75) is 32.6 Å². The summed E-state index contributed by atoms with van der Waals surface area (Å²) in [6.45, 7) is 7.00. The van der Waals surface area contributed by atoms with E-state index in [0.717, 1.165) is 5.56 Å². The average molecular weight is 334 g/mol. The number of hydrogen-bond acceptors (Lipinski definition) is 4. The van der Waals surface area contributed by atoms with E-state index in [9.17, 15) is 18.5 Å². The van der Waals surface area contributed by atoms with Gasteiger partial charge in [-0.05, 0) is 50.5 Å². The minimum atomic E-state index is -3.91. The molecular weight excluding hydrogens is 316 g/mol. The second-order valence-electron chi connectivity index (χ2n) is 5.61. The van der Waals surface area contributed by atoms with Crippen molar-refractivity contribution in [3.63, 3.8) is 0 Å². The summed E-state index contributed by atoms with van der Waals surface area (Å²) in [6, 6.07) is 7.91. The average Bonchev–Trinajstić information content (AvgIpc) is 2.38. The van der Waals surface area contributed by atoms with Crippen LogP contribution >= 0.6 is 0 Å². The number of nitro benzene ring substituents is 1. The third kappa shape index (κ3) is 3.50. The first-order valence-corrected chi connectivity index (χ1v) is 8.46. The quantitative estimate of drug-likeness (QED) is 0.683. The zero-order valence-corrected chi connectivity index (χ0v) is 14.2. The Morgan fingerprint density at radius 3 is 2.04 bits per heavy atom. The van der Waals surface area contributed by atoms with Crippen molar-refractivity contribution in [3.8, 4) is 0 Å². The second-order valence-corrected chi connectivity index (χ2v) is 7.23. The summed E-state index contributed by atoms with van der Waals surface area (Å²) in [5.74, 6) is 0. The van der Waals surface area contributed by atoms with Gasteiger partial charge in [-0.2, -0.15) is 0 Å². The van der Waals surface area contributed by atoms with Crippen molar-refractivity contribution >= 4 is 21.4 Å². The molecule has 0 radical (unpaired) electrons. The Morgan fingerprint density at radius 2 is 1.52 bits per heavy atom. The molecule has 0 saturated heterocycles. The van der Waals surface area contributed by atoms with Crippen molar-refractivity contribution < 1.29 is 13.3 Å². The molecule has 0 heterocycles. The summed E-state index contributed by atoms with van der Waals surface area (Å²) in [7, 11) is -3.91. The van der Waals surface area contributed by atoms with Crippen LogP contribution in [0.1, 0.15) is 22.3 Å². The van der Waals surface area contributed by atoms with Gasteiger partial charge in [-0.15, -0.1) is 0 Å². The van der Waals surface area contributed by atoms with E-state index in [4.69, 9.17) is 0 Å². The van der Waals surface area contributed by atoms with Crippen molar-refractivity contribution in [2.75, 3.05) is 4.72 Å². The Labute approximate surface area is 135 Å². The molecule has 1 N–H and O–H groups in total. The second kappa shape index (κ2) is 6.00. The molecule has 0 aliphatic carbocycles. The number of nitrogens with one attached hydrogen (secondary N) is 1.